The van der Waals surface area contributed by atoms with E-state index in [1.807, 2.05) is 6.92 Å². The summed E-state index contributed by atoms with van der Waals surface area (Å²) >= 11 is 0. The minimum absolute atomic E-state index is 0.0948. The zero-order chi connectivity index (χ0) is 20.8. The predicted molar refractivity (Wildman–Crippen MR) is 109 cm³/mol. The summed E-state index contributed by atoms with van der Waals surface area (Å²) in [6.07, 6.45) is 3.93. The van der Waals surface area contributed by atoms with E-state index < -0.39 is 11.4 Å². The normalized spacial score (nSPS) is 21.9. The number of amides is 1. The van der Waals surface area contributed by atoms with Gasteiger partial charge in [-0.2, -0.15) is 0 Å². The molecule has 1 amide bonds. The molecule has 4 rings (SSSR count). The van der Waals surface area contributed by atoms with Gasteiger partial charge in [0.2, 0.25) is 0 Å². The SMILES string of the molecule is Cc1cc(C(=O)NC2CCC(C)(C(=O)O)CC2)c2nc3ccccc3c(=O)n2c1. The Morgan fingerprint density at radius 1 is 1.24 bits per heavy atom. The van der Waals surface area contributed by atoms with Gasteiger partial charge in [0.15, 0.2) is 5.65 Å². The minimum atomic E-state index is -0.789. The monoisotopic (exact) mass is 393 g/mol. The van der Waals surface area contributed by atoms with Gasteiger partial charge in [0.25, 0.3) is 11.5 Å². The lowest BCUT2D eigenvalue weighted by Gasteiger charge is -2.34. The fourth-order valence-corrected chi connectivity index (χ4v) is 4.03. The Kier molecular flexibility index (Phi) is 4.61. The van der Waals surface area contributed by atoms with Gasteiger partial charge in [-0.1, -0.05) is 12.1 Å². The van der Waals surface area contributed by atoms with Crippen molar-refractivity contribution in [1.29, 1.82) is 0 Å². The first-order chi connectivity index (χ1) is 13.8. The molecule has 2 aromatic heterocycles. The number of aliphatic carboxylic acids is 1. The number of carboxylic acids is 1. The lowest BCUT2D eigenvalue weighted by atomic mass is 9.74. The molecule has 0 atom stereocenters. The molecular formula is C22H23N3O4. The number of nitrogens with one attached hydrogen (secondary N) is 1. The first-order valence-electron chi connectivity index (χ1n) is 9.74. The number of aromatic nitrogens is 2. The fraction of sp³-hybridized carbons (Fsp3) is 0.364. The number of carbonyl (C=O) groups is 2. The van der Waals surface area contributed by atoms with Gasteiger partial charge in [0, 0.05) is 12.2 Å². The molecule has 7 nitrogen and oxygen atoms in total. The average Bonchev–Trinajstić information content (AvgIpc) is 2.70. The van der Waals surface area contributed by atoms with Gasteiger partial charge in [-0.05, 0) is 63.3 Å². The number of aryl methyl sites for hydroxylation is 1. The first-order valence-corrected chi connectivity index (χ1v) is 9.74. The van der Waals surface area contributed by atoms with Gasteiger partial charge in [0.05, 0.1) is 21.9 Å². The lowest BCUT2D eigenvalue weighted by molar-refractivity contribution is -0.149. The third-order valence-corrected chi connectivity index (χ3v) is 5.94. The van der Waals surface area contributed by atoms with Crippen molar-refractivity contribution in [3.8, 4) is 0 Å². The lowest BCUT2D eigenvalue weighted by Crippen LogP contribution is -2.42. The summed E-state index contributed by atoms with van der Waals surface area (Å²) < 4.78 is 1.43. The second kappa shape index (κ2) is 6.99. The quantitative estimate of drug-likeness (QED) is 0.667. The van der Waals surface area contributed by atoms with E-state index in [2.05, 4.69) is 10.3 Å². The first kappa shape index (κ1) is 19.1. The molecule has 0 radical (unpaired) electrons. The van der Waals surface area contributed by atoms with Crippen molar-refractivity contribution in [3.63, 3.8) is 0 Å². The highest BCUT2D eigenvalue weighted by Crippen LogP contribution is 2.36. The summed E-state index contributed by atoms with van der Waals surface area (Å²) in [7, 11) is 0. The molecule has 1 fully saturated rings. The van der Waals surface area contributed by atoms with Crippen LogP contribution in [0.4, 0.5) is 0 Å². The Hall–Kier alpha value is -3.22. The number of carboxylic acid groups (broad SMARTS) is 1. The van der Waals surface area contributed by atoms with Gasteiger partial charge in [0.1, 0.15) is 0 Å². The van der Waals surface area contributed by atoms with Crippen LogP contribution in [-0.4, -0.2) is 32.4 Å². The Labute approximate surface area is 167 Å². The molecule has 0 unspecified atom stereocenters. The van der Waals surface area contributed by atoms with E-state index in [1.165, 1.54) is 4.40 Å². The van der Waals surface area contributed by atoms with Crippen LogP contribution in [0.15, 0.2) is 41.3 Å². The highest BCUT2D eigenvalue weighted by Gasteiger charge is 2.38. The van der Waals surface area contributed by atoms with Crippen LogP contribution in [0.2, 0.25) is 0 Å². The maximum absolute atomic E-state index is 13.0. The van der Waals surface area contributed by atoms with E-state index in [4.69, 9.17) is 0 Å². The number of hydrogen-bond acceptors (Lipinski definition) is 4. The summed E-state index contributed by atoms with van der Waals surface area (Å²) in [5.41, 5.74) is 1.06. The Balaban J connectivity index is 1.68. The molecule has 1 aromatic carbocycles. The fourth-order valence-electron chi connectivity index (χ4n) is 4.03. The van der Waals surface area contributed by atoms with Crippen molar-refractivity contribution in [3.05, 3.63) is 58.0 Å². The van der Waals surface area contributed by atoms with Gasteiger partial charge >= 0.3 is 5.97 Å². The average molecular weight is 393 g/mol. The maximum Gasteiger partial charge on any atom is 0.309 e. The molecule has 1 aliphatic rings. The van der Waals surface area contributed by atoms with E-state index >= 15 is 0 Å². The van der Waals surface area contributed by atoms with Crippen LogP contribution >= 0.6 is 0 Å². The number of benzene rings is 1. The summed E-state index contributed by atoms with van der Waals surface area (Å²) in [6.45, 7) is 3.58. The van der Waals surface area contributed by atoms with Crippen LogP contribution in [0, 0.1) is 12.3 Å². The number of fused-ring (bicyclic) bond motifs is 2. The van der Waals surface area contributed by atoms with Crippen LogP contribution in [0.3, 0.4) is 0 Å². The second-order valence-electron chi connectivity index (χ2n) is 8.17. The van der Waals surface area contributed by atoms with Gasteiger partial charge < -0.3 is 10.4 Å². The van der Waals surface area contributed by atoms with E-state index in [0.717, 1.165) is 5.56 Å². The molecule has 2 heterocycles. The Morgan fingerprint density at radius 2 is 1.93 bits per heavy atom. The van der Waals surface area contributed by atoms with Crippen molar-refractivity contribution in [2.45, 2.75) is 45.6 Å². The summed E-state index contributed by atoms with van der Waals surface area (Å²) in [6, 6.07) is 8.71. The minimum Gasteiger partial charge on any atom is -0.481 e. The molecule has 3 aromatic rings. The van der Waals surface area contributed by atoms with Crippen molar-refractivity contribution >= 4 is 28.4 Å². The summed E-state index contributed by atoms with van der Waals surface area (Å²) in [5.74, 6) is -1.08. The van der Waals surface area contributed by atoms with Gasteiger partial charge in [-0.25, -0.2) is 4.98 Å². The standard InChI is InChI=1S/C22H23N3O4/c1-13-11-16(19(26)23-14-7-9-22(2,10-8-14)21(28)29)18-24-17-6-4-3-5-15(17)20(27)25(18)12-13/h3-6,11-12,14H,7-10H2,1-2H3,(H,23,26)(H,28,29). The smallest absolute Gasteiger partial charge is 0.309 e. The van der Waals surface area contributed by atoms with Crippen molar-refractivity contribution in [1.82, 2.24) is 14.7 Å². The highest BCUT2D eigenvalue weighted by molar-refractivity contribution is 6.01. The number of para-hydroxylation sites is 1. The molecule has 0 bridgehead atoms. The van der Waals surface area contributed by atoms with E-state index in [-0.39, 0.29) is 17.5 Å². The molecule has 0 aliphatic heterocycles. The topological polar surface area (TPSA) is 101 Å². The van der Waals surface area contributed by atoms with Gasteiger partial charge in [-0.3, -0.25) is 18.8 Å². The predicted octanol–water partition coefficient (Wildman–Crippen LogP) is 2.92. The van der Waals surface area contributed by atoms with E-state index in [0.29, 0.717) is 47.8 Å². The number of hydrogen-bond donors (Lipinski definition) is 2. The molecule has 7 heteroatoms. The van der Waals surface area contributed by atoms with Crippen LogP contribution in [0.5, 0.6) is 0 Å². The molecule has 150 valence electrons. The zero-order valence-corrected chi connectivity index (χ0v) is 16.4. The van der Waals surface area contributed by atoms with Gasteiger partial charge in [-0.15, -0.1) is 0 Å². The van der Waals surface area contributed by atoms with Crippen LogP contribution in [-0.2, 0) is 4.79 Å². The molecule has 0 saturated heterocycles. The Bertz CT molecular complexity index is 1190. The van der Waals surface area contributed by atoms with Crippen LogP contribution in [0.1, 0.15) is 48.5 Å². The third-order valence-electron chi connectivity index (χ3n) is 5.94. The molecule has 1 saturated carbocycles. The van der Waals surface area contributed by atoms with E-state index in [9.17, 15) is 19.5 Å². The van der Waals surface area contributed by atoms with E-state index in [1.54, 1.807) is 43.5 Å². The molecule has 29 heavy (non-hydrogen) atoms. The number of rotatable bonds is 3. The Morgan fingerprint density at radius 3 is 2.62 bits per heavy atom. The number of carbonyl (C=O) groups excluding carboxylic acids is 1. The second-order valence-corrected chi connectivity index (χ2v) is 8.17. The molecular weight excluding hydrogens is 370 g/mol. The molecule has 0 spiro atoms. The van der Waals surface area contributed by atoms with Crippen LogP contribution < -0.4 is 10.9 Å². The zero-order valence-electron chi connectivity index (χ0n) is 16.4. The molecule has 2 N–H and O–H groups in total. The largest absolute Gasteiger partial charge is 0.481 e. The van der Waals surface area contributed by atoms with Crippen molar-refractivity contribution in [2.24, 2.45) is 5.41 Å². The van der Waals surface area contributed by atoms with Crippen molar-refractivity contribution < 1.29 is 14.7 Å². The number of pyridine rings is 1. The van der Waals surface area contributed by atoms with Crippen molar-refractivity contribution in [2.75, 3.05) is 0 Å². The third kappa shape index (κ3) is 3.37. The maximum atomic E-state index is 13.0. The number of nitrogens with zero attached hydrogens (tertiary/aromatic N) is 2. The molecule has 1 aliphatic carbocycles. The summed E-state index contributed by atoms with van der Waals surface area (Å²) in [5, 5.41) is 12.9. The van der Waals surface area contributed by atoms with Crippen LogP contribution in [0.25, 0.3) is 16.6 Å². The highest BCUT2D eigenvalue weighted by atomic mass is 16.4. The summed E-state index contributed by atoms with van der Waals surface area (Å²) in [4.78, 5) is 41.9.